The number of amides is 1. The van der Waals surface area contributed by atoms with Crippen LogP contribution in [0.4, 0.5) is 5.69 Å². The summed E-state index contributed by atoms with van der Waals surface area (Å²) in [7, 11) is 0. The van der Waals surface area contributed by atoms with Crippen molar-refractivity contribution in [2.24, 2.45) is 0 Å². The summed E-state index contributed by atoms with van der Waals surface area (Å²) in [5.74, 6) is 0.400. The third kappa shape index (κ3) is 2.84. The Labute approximate surface area is 112 Å². The van der Waals surface area contributed by atoms with E-state index < -0.39 is 0 Å². The van der Waals surface area contributed by atoms with E-state index in [1.807, 2.05) is 18.2 Å². The number of benzene rings is 1. The minimum atomic E-state index is -0.229. The van der Waals surface area contributed by atoms with Crippen LogP contribution in [0.3, 0.4) is 0 Å². The topological polar surface area (TPSA) is 55.1 Å². The summed E-state index contributed by atoms with van der Waals surface area (Å²) >= 11 is 0. The summed E-state index contributed by atoms with van der Waals surface area (Å²) in [4.78, 5) is 12.1. The molecule has 2 rings (SSSR count). The number of aromatic nitrogens is 1. The van der Waals surface area contributed by atoms with Crippen molar-refractivity contribution >= 4 is 11.6 Å². The van der Waals surface area contributed by atoms with Crippen LogP contribution in [-0.4, -0.2) is 11.1 Å². The first-order chi connectivity index (χ1) is 9.15. The Bertz CT molecular complexity index is 565. The van der Waals surface area contributed by atoms with Crippen LogP contribution in [0, 0.1) is 6.92 Å². The predicted octanol–water partition coefficient (Wildman–Crippen LogP) is 3.36. The molecular formula is C15H18N2O2. The quantitative estimate of drug-likeness (QED) is 0.914. The van der Waals surface area contributed by atoms with Gasteiger partial charge in [-0.1, -0.05) is 37.2 Å². The first kappa shape index (κ1) is 13.3. The highest BCUT2D eigenvalue weighted by atomic mass is 16.5. The van der Waals surface area contributed by atoms with Gasteiger partial charge < -0.3 is 9.84 Å². The molecule has 0 spiro atoms. The van der Waals surface area contributed by atoms with Crippen molar-refractivity contribution in [3.63, 3.8) is 0 Å². The van der Waals surface area contributed by atoms with E-state index in [0.717, 1.165) is 29.7 Å². The highest BCUT2D eigenvalue weighted by molar-refractivity contribution is 6.03. The maximum Gasteiger partial charge on any atom is 0.277 e. The summed E-state index contributed by atoms with van der Waals surface area (Å²) in [6, 6.07) is 7.72. The van der Waals surface area contributed by atoms with Crippen LogP contribution in [0.1, 0.15) is 41.2 Å². The number of hydrogen-bond donors (Lipinski definition) is 1. The zero-order valence-corrected chi connectivity index (χ0v) is 11.5. The standard InChI is InChI=1S/C15H18N2O2/c1-4-11-7-6-8-12(5-2)14(11)16-15(18)13-9-10(3)19-17-13/h6-9H,4-5H2,1-3H3,(H,16,18). The number of anilines is 1. The van der Waals surface area contributed by atoms with Crippen LogP contribution < -0.4 is 5.32 Å². The van der Waals surface area contributed by atoms with Gasteiger partial charge >= 0.3 is 0 Å². The highest BCUT2D eigenvalue weighted by Crippen LogP contribution is 2.23. The van der Waals surface area contributed by atoms with Gasteiger partial charge in [-0.2, -0.15) is 0 Å². The van der Waals surface area contributed by atoms with Crippen LogP contribution >= 0.6 is 0 Å². The maximum absolute atomic E-state index is 12.1. The summed E-state index contributed by atoms with van der Waals surface area (Å²) in [5, 5.41) is 6.68. The van der Waals surface area contributed by atoms with Gasteiger partial charge in [-0.25, -0.2) is 0 Å². The first-order valence-corrected chi connectivity index (χ1v) is 6.51. The van der Waals surface area contributed by atoms with Gasteiger partial charge in [0.2, 0.25) is 0 Å². The van der Waals surface area contributed by atoms with Crippen LogP contribution in [0.25, 0.3) is 0 Å². The molecule has 0 saturated carbocycles. The van der Waals surface area contributed by atoms with Crippen molar-refractivity contribution in [2.75, 3.05) is 5.32 Å². The van der Waals surface area contributed by atoms with Crippen molar-refractivity contribution < 1.29 is 9.32 Å². The van der Waals surface area contributed by atoms with Gasteiger partial charge in [-0.05, 0) is 30.9 Å². The van der Waals surface area contributed by atoms with E-state index in [9.17, 15) is 4.79 Å². The molecule has 100 valence electrons. The molecule has 1 N–H and O–H groups in total. The lowest BCUT2D eigenvalue weighted by atomic mass is 10.0. The normalized spacial score (nSPS) is 10.5. The molecule has 4 nitrogen and oxygen atoms in total. The first-order valence-electron chi connectivity index (χ1n) is 6.51. The van der Waals surface area contributed by atoms with E-state index in [0.29, 0.717) is 11.5 Å². The minimum absolute atomic E-state index is 0.229. The molecule has 19 heavy (non-hydrogen) atoms. The molecule has 0 fully saturated rings. The van der Waals surface area contributed by atoms with Crippen molar-refractivity contribution in [3.05, 3.63) is 46.8 Å². The van der Waals surface area contributed by atoms with Gasteiger partial charge in [0.1, 0.15) is 5.76 Å². The Morgan fingerprint density at radius 3 is 2.37 bits per heavy atom. The van der Waals surface area contributed by atoms with Crippen molar-refractivity contribution in [2.45, 2.75) is 33.6 Å². The Morgan fingerprint density at radius 1 is 1.26 bits per heavy atom. The summed E-state index contributed by atoms with van der Waals surface area (Å²) in [6.07, 6.45) is 1.75. The fourth-order valence-corrected chi connectivity index (χ4v) is 2.05. The Hall–Kier alpha value is -2.10. The maximum atomic E-state index is 12.1. The lowest BCUT2D eigenvalue weighted by Gasteiger charge is -2.13. The number of aryl methyl sites for hydroxylation is 3. The zero-order valence-electron chi connectivity index (χ0n) is 11.5. The molecule has 1 aromatic carbocycles. The Balaban J connectivity index is 2.30. The monoisotopic (exact) mass is 258 g/mol. The molecule has 0 aliphatic carbocycles. The molecule has 0 radical (unpaired) electrons. The molecule has 0 aliphatic heterocycles. The number of nitrogens with one attached hydrogen (secondary N) is 1. The number of hydrogen-bond acceptors (Lipinski definition) is 3. The van der Waals surface area contributed by atoms with E-state index in [4.69, 9.17) is 4.52 Å². The zero-order chi connectivity index (χ0) is 13.8. The number of nitrogens with zero attached hydrogens (tertiary/aromatic N) is 1. The number of carbonyl (C=O) groups is 1. The van der Waals surface area contributed by atoms with Crippen molar-refractivity contribution in [1.29, 1.82) is 0 Å². The second-order valence-corrected chi connectivity index (χ2v) is 4.44. The summed E-state index contributed by atoms with van der Waals surface area (Å²) in [5.41, 5.74) is 3.48. The van der Waals surface area contributed by atoms with Gasteiger partial charge in [-0.3, -0.25) is 4.79 Å². The van der Waals surface area contributed by atoms with Gasteiger partial charge in [0, 0.05) is 11.8 Å². The van der Waals surface area contributed by atoms with Gasteiger partial charge in [0.15, 0.2) is 5.69 Å². The molecule has 1 aromatic heterocycles. The van der Waals surface area contributed by atoms with E-state index in [1.165, 1.54) is 0 Å². The molecular weight excluding hydrogens is 240 g/mol. The van der Waals surface area contributed by atoms with Gasteiger partial charge in [0.25, 0.3) is 5.91 Å². The lowest BCUT2D eigenvalue weighted by molar-refractivity contribution is 0.101. The number of para-hydroxylation sites is 1. The summed E-state index contributed by atoms with van der Waals surface area (Å²) < 4.78 is 4.93. The number of carbonyl (C=O) groups excluding carboxylic acids is 1. The molecule has 1 amide bonds. The average Bonchev–Trinajstić information content (AvgIpc) is 2.85. The fourth-order valence-electron chi connectivity index (χ4n) is 2.05. The lowest BCUT2D eigenvalue weighted by Crippen LogP contribution is -2.15. The smallest absolute Gasteiger partial charge is 0.277 e. The molecule has 0 unspecified atom stereocenters. The molecule has 0 bridgehead atoms. The second kappa shape index (κ2) is 5.69. The largest absolute Gasteiger partial charge is 0.361 e. The Kier molecular flexibility index (Phi) is 4.00. The molecule has 0 aliphatic rings. The third-order valence-corrected chi connectivity index (χ3v) is 3.10. The Morgan fingerprint density at radius 2 is 1.89 bits per heavy atom. The summed E-state index contributed by atoms with van der Waals surface area (Å²) in [6.45, 7) is 5.91. The predicted molar refractivity (Wildman–Crippen MR) is 74.4 cm³/mol. The highest BCUT2D eigenvalue weighted by Gasteiger charge is 2.14. The van der Waals surface area contributed by atoms with E-state index in [2.05, 4.69) is 24.3 Å². The van der Waals surface area contributed by atoms with Crippen LogP contribution in [0.2, 0.25) is 0 Å². The van der Waals surface area contributed by atoms with Crippen LogP contribution in [0.15, 0.2) is 28.8 Å². The average molecular weight is 258 g/mol. The molecule has 0 saturated heterocycles. The second-order valence-electron chi connectivity index (χ2n) is 4.44. The molecule has 2 aromatic rings. The van der Waals surface area contributed by atoms with Gasteiger partial charge in [-0.15, -0.1) is 0 Å². The minimum Gasteiger partial charge on any atom is -0.361 e. The number of rotatable bonds is 4. The van der Waals surface area contributed by atoms with E-state index >= 15 is 0 Å². The third-order valence-electron chi connectivity index (χ3n) is 3.10. The van der Waals surface area contributed by atoms with Crippen molar-refractivity contribution in [1.82, 2.24) is 5.16 Å². The molecule has 1 heterocycles. The molecule has 4 heteroatoms. The van der Waals surface area contributed by atoms with Crippen LogP contribution in [0.5, 0.6) is 0 Å². The van der Waals surface area contributed by atoms with E-state index in [-0.39, 0.29) is 5.91 Å². The van der Waals surface area contributed by atoms with Gasteiger partial charge in [0.05, 0.1) is 0 Å². The fraction of sp³-hybridized carbons (Fsp3) is 0.333. The van der Waals surface area contributed by atoms with Crippen LogP contribution in [-0.2, 0) is 12.8 Å². The van der Waals surface area contributed by atoms with Crippen molar-refractivity contribution in [3.8, 4) is 0 Å². The molecule has 0 atom stereocenters. The van der Waals surface area contributed by atoms with E-state index in [1.54, 1.807) is 13.0 Å². The SMILES string of the molecule is CCc1cccc(CC)c1NC(=O)c1cc(C)on1.